The standard InChI is InChI=1S/C26H23F4N5O5/c1-15(26(28,29)30)34(13-16-2-4-18(27)5-3-16)21(36)14-35-22(37)25(40-24(35)39)9-8-17-12-19(6-7-20(17)25)33-23(38)32-11-10-31/h2-7,12,15H,8-9,11,13-14H2,1H3,(H2,32,33,38)/t15-,25+/m0/s1. The summed E-state index contributed by atoms with van der Waals surface area (Å²) in [5, 5.41) is 13.4. The van der Waals surface area contributed by atoms with Gasteiger partial charge in [0.2, 0.25) is 11.5 Å². The van der Waals surface area contributed by atoms with E-state index in [0.29, 0.717) is 26.6 Å². The number of urea groups is 1. The molecule has 1 aliphatic carbocycles. The van der Waals surface area contributed by atoms with Crippen molar-refractivity contribution in [2.75, 3.05) is 18.4 Å². The molecule has 0 radical (unpaired) electrons. The Hall–Kier alpha value is -4.67. The number of fused-ring (bicyclic) bond motifs is 2. The molecular weight excluding hydrogens is 538 g/mol. The predicted molar refractivity (Wildman–Crippen MR) is 130 cm³/mol. The smallest absolute Gasteiger partial charge is 0.418 e. The van der Waals surface area contributed by atoms with Crippen molar-refractivity contribution >= 4 is 29.6 Å². The molecule has 2 aliphatic rings. The molecule has 0 unspecified atom stereocenters. The lowest BCUT2D eigenvalue weighted by atomic mass is 9.94. The van der Waals surface area contributed by atoms with Crippen LogP contribution in [0.5, 0.6) is 0 Å². The minimum Gasteiger partial charge on any atom is -0.427 e. The van der Waals surface area contributed by atoms with Crippen molar-refractivity contribution in [3.63, 3.8) is 0 Å². The number of rotatable bonds is 7. The van der Waals surface area contributed by atoms with Crippen LogP contribution in [-0.2, 0) is 32.9 Å². The molecule has 0 saturated carbocycles. The molecular formula is C26H23F4N5O5. The van der Waals surface area contributed by atoms with Crippen molar-refractivity contribution < 1.29 is 41.5 Å². The molecule has 2 atom stereocenters. The van der Waals surface area contributed by atoms with Crippen LogP contribution in [0.15, 0.2) is 42.5 Å². The first-order valence-corrected chi connectivity index (χ1v) is 12.1. The Kier molecular flexibility index (Phi) is 7.68. The van der Waals surface area contributed by atoms with Gasteiger partial charge in [-0.1, -0.05) is 18.2 Å². The van der Waals surface area contributed by atoms with Crippen molar-refractivity contribution in [2.24, 2.45) is 0 Å². The molecule has 40 heavy (non-hydrogen) atoms. The Morgan fingerprint density at radius 1 is 1.20 bits per heavy atom. The van der Waals surface area contributed by atoms with Gasteiger partial charge in [0, 0.05) is 24.2 Å². The molecule has 2 aromatic carbocycles. The van der Waals surface area contributed by atoms with E-state index in [-0.39, 0.29) is 24.9 Å². The van der Waals surface area contributed by atoms with Gasteiger partial charge in [0.05, 0.1) is 6.07 Å². The van der Waals surface area contributed by atoms with Gasteiger partial charge < -0.3 is 20.3 Å². The summed E-state index contributed by atoms with van der Waals surface area (Å²) in [6, 6.07) is 7.92. The summed E-state index contributed by atoms with van der Waals surface area (Å²) in [5.41, 5.74) is -0.279. The van der Waals surface area contributed by atoms with Crippen LogP contribution < -0.4 is 10.6 Å². The summed E-state index contributed by atoms with van der Waals surface area (Å²) in [4.78, 5) is 52.1. The van der Waals surface area contributed by atoms with Crippen LogP contribution in [0.2, 0.25) is 0 Å². The maximum atomic E-state index is 13.6. The Balaban J connectivity index is 1.53. The van der Waals surface area contributed by atoms with E-state index in [2.05, 4.69) is 10.6 Å². The zero-order valence-electron chi connectivity index (χ0n) is 21.0. The molecule has 2 N–H and O–H groups in total. The number of hydrogen-bond donors (Lipinski definition) is 2. The first kappa shape index (κ1) is 28.3. The Morgan fingerprint density at radius 2 is 1.90 bits per heavy atom. The van der Waals surface area contributed by atoms with E-state index < -0.39 is 60.7 Å². The number of carbonyl (C=O) groups excluding carboxylic acids is 4. The van der Waals surface area contributed by atoms with Crippen LogP contribution in [-0.4, -0.2) is 59.0 Å². The van der Waals surface area contributed by atoms with Gasteiger partial charge in [0.1, 0.15) is 24.9 Å². The van der Waals surface area contributed by atoms with Crippen LogP contribution in [0, 0.1) is 17.1 Å². The van der Waals surface area contributed by atoms with E-state index in [1.54, 1.807) is 12.1 Å². The summed E-state index contributed by atoms with van der Waals surface area (Å²) >= 11 is 0. The van der Waals surface area contributed by atoms with Crippen molar-refractivity contribution in [3.05, 3.63) is 65.0 Å². The van der Waals surface area contributed by atoms with Gasteiger partial charge in [-0.25, -0.2) is 18.9 Å². The summed E-state index contributed by atoms with van der Waals surface area (Å²) < 4.78 is 59.5. The van der Waals surface area contributed by atoms with E-state index in [9.17, 15) is 36.7 Å². The number of carbonyl (C=O) groups is 4. The van der Waals surface area contributed by atoms with Crippen LogP contribution in [0.4, 0.5) is 32.8 Å². The number of nitrogens with zero attached hydrogens (tertiary/aromatic N) is 3. The third-order valence-electron chi connectivity index (χ3n) is 6.77. The molecule has 4 rings (SSSR count). The highest BCUT2D eigenvalue weighted by Gasteiger charge is 2.58. The van der Waals surface area contributed by atoms with E-state index in [0.717, 1.165) is 19.1 Å². The summed E-state index contributed by atoms with van der Waals surface area (Å²) in [6.45, 7) is -0.966. The molecule has 1 saturated heterocycles. The van der Waals surface area contributed by atoms with Gasteiger partial charge in [0.25, 0.3) is 5.91 Å². The zero-order chi connectivity index (χ0) is 29.2. The maximum Gasteiger partial charge on any atom is 0.418 e. The first-order chi connectivity index (χ1) is 18.9. The lowest BCUT2D eigenvalue weighted by Gasteiger charge is -2.31. The monoisotopic (exact) mass is 561 g/mol. The van der Waals surface area contributed by atoms with Crippen LogP contribution in [0.1, 0.15) is 30.0 Å². The molecule has 5 amide bonds. The predicted octanol–water partition coefficient (Wildman–Crippen LogP) is 3.57. The Morgan fingerprint density at radius 3 is 2.55 bits per heavy atom. The van der Waals surface area contributed by atoms with Gasteiger partial charge in [-0.2, -0.15) is 18.4 Å². The second-order valence-corrected chi connectivity index (χ2v) is 9.29. The fourth-order valence-corrected chi connectivity index (χ4v) is 4.66. The largest absolute Gasteiger partial charge is 0.427 e. The molecule has 0 aromatic heterocycles. The van der Waals surface area contributed by atoms with Crippen LogP contribution in [0.25, 0.3) is 0 Å². The SMILES string of the molecule is C[C@H](N(Cc1ccc(F)cc1)C(=O)CN1C(=O)O[C@@]2(CCc3cc(NC(=O)NCC#N)ccc32)C1=O)C(F)(F)F. The Labute approximate surface area is 225 Å². The number of alkyl halides is 3. The third-order valence-corrected chi connectivity index (χ3v) is 6.77. The number of aryl methyl sites for hydroxylation is 1. The van der Waals surface area contributed by atoms with Crippen molar-refractivity contribution in [2.45, 2.75) is 44.1 Å². The van der Waals surface area contributed by atoms with Gasteiger partial charge in [0.15, 0.2) is 0 Å². The second-order valence-electron chi connectivity index (χ2n) is 9.29. The first-order valence-electron chi connectivity index (χ1n) is 12.1. The lowest BCUT2D eigenvalue weighted by molar-refractivity contribution is -0.187. The average Bonchev–Trinajstić information content (AvgIpc) is 3.37. The molecule has 210 valence electrons. The number of halogens is 4. The van der Waals surface area contributed by atoms with Gasteiger partial charge in [-0.05, 0) is 48.7 Å². The molecule has 1 spiro atoms. The van der Waals surface area contributed by atoms with Crippen LogP contribution >= 0.6 is 0 Å². The molecule has 0 bridgehead atoms. The van der Waals surface area contributed by atoms with Crippen molar-refractivity contribution in [3.8, 4) is 6.07 Å². The topological polar surface area (TPSA) is 132 Å². The maximum absolute atomic E-state index is 13.6. The summed E-state index contributed by atoms with van der Waals surface area (Å²) in [6.07, 6.45) is -5.69. The fourth-order valence-electron chi connectivity index (χ4n) is 4.66. The van der Waals surface area contributed by atoms with E-state index in [4.69, 9.17) is 10.00 Å². The minimum atomic E-state index is -4.81. The number of nitrogens with one attached hydrogen (secondary N) is 2. The highest BCUT2D eigenvalue weighted by molar-refractivity contribution is 6.06. The summed E-state index contributed by atoms with van der Waals surface area (Å²) in [5.74, 6) is -2.65. The lowest BCUT2D eigenvalue weighted by Crippen LogP contribution is -2.51. The number of nitriles is 1. The highest BCUT2D eigenvalue weighted by atomic mass is 19.4. The average molecular weight is 561 g/mol. The number of ether oxygens (including phenoxy) is 1. The molecule has 14 heteroatoms. The number of hydrogen-bond acceptors (Lipinski definition) is 6. The number of benzene rings is 2. The van der Waals surface area contributed by atoms with Gasteiger partial charge >= 0.3 is 18.3 Å². The minimum absolute atomic E-state index is 0.0277. The van der Waals surface area contributed by atoms with E-state index in [1.807, 2.05) is 0 Å². The van der Waals surface area contributed by atoms with Crippen molar-refractivity contribution in [1.29, 1.82) is 5.26 Å². The van der Waals surface area contributed by atoms with E-state index >= 15 is 0 Å². The van der Waals surface area contributed by atoms with Gasteiger partial charge in [-0.15, -0.1) is 0 Å². The fraction of sp³-hybridized carbons (Fsp3) is 0.346. The van der Waals surface area contributed by atoms with Gasteiger partial charge in [-0.3, -0.25) is 9.59 Å². The second kappa shape index (κ2) is 10.8. The normalized spacial score (nSPS) is 18.6. The third kappa shape index (κ3) is 5.54. The zero-order valence-corrected chi connectivity index (χ0v) is 21.0. The molecule has 1 heterocycles. The molecule has 2 aromatic rings. The van der Waals surface area contributed by atoms with Crippen molar-refractivity contribution in [1.82, 2.24) is 15.1 Å². The number of imide groups is 1. The highest BCUT2D eigenvalue weighted by Crippen LogP contribution is 2.46. The number of amides is 5. The van der Waals surface area contributed by atoms with Crippen LogP contribution in [0.3, 0.4) is 0 Å². The quantitative estimate of drug-likeness (QED) is 0.393. The molecule has 1 fully saturated rings. The Bertz CT molecular complexity index is 1390. The molecule has 1 aliphatic heterocycles. The molecule has 10 nitrogen and oxygen atoms in total. The number of anilines is 1. The van der Waals surface area contributed by atoms with E-state index in [1.165, 1.54) is 24.3 Å². The summed E-state index contributed by atoms with van der Waals surface area (Å²) in [7, 11) is 0.